The molecule has 5 nitrogen and oxygen atoms in total. The maximum absolute atomic E-state index is 13.3. The van der Waals surface area contributed by atoms with Crippen molar-refractivity contribution in [1.82, 2.24) is 0 Å². The van der Waals surface area contributed by atoms with E-state index in [-0.39, 0.29) is 5.78 Å². The first-order valence-electron chi connectivity index (χ1n) is 10.3. The number of carbonyl (C=O) groups is 1. The Balaban J connectivity index is 1.74. The van der Waals surface area contributed by atoms with E-state index >= 15 is 0 Å². The average Bonchev–Trinajstić information content (AvgIpc) is 2.75. The number of aliphatic imine (C=N–C) groups is 1. The van der Waals surface area contributed by atoms with Gasteiger partial charge in [0.1, 0.15) is 13.1 Å². The number of nitrogens with zero attached hydrogens (tertiary/aromatic N) is 2. The molecule has 0 unspecified atom stereocenters. The number of aryl methyl sites for hydroxylation is 2. The van der Waals surface area contributed by atoms with Crippen molar-refractivity contribution in [2.24, 2.45) is 4.99 Å². The van der Waals surface area contributed by atoms with Gasteiger partial charge in [0.05, 0.1) is 19.8 Å². The van der Waals surface area contributed by atoms with E-state index in [4.69, 9.17) is 17.4 Å². The highest BCUT2D eigenvalue weighted by atomic mass is 32.1. The van der Waals surface area contributed by atoms with E-state index in [2.05, 4.69) is 4.99 Å². The number of morpholine rings is 1. The third-order valence-electron chi connectivity index (χ3n) is 5.47. The monoisotopic (exact) mass is 412 g/mol. The zero-order valence-corrected chi connectivity index (χ0v) is 18.1. The summed E-state index contributed by atoms with van der Waals surface area (Å²) in [6.07, 6.45) is 4.71. The minimum atomic E-state index is -0.593. The molecular formula is C23H30N3O2S+. The fourth-order valence-electron chi connectivity index (χ4n) is 3.53. The lowest BCUT2D eigenvalue weighted by molar-refractivity contribution is -0.908. The lowest BCUT2D eigenvalue weighted by Gasteiger charge is -2.23. The minimum absolute atomic E-state index is 0.0168. The first kappa shape index (κ1) is 21.6. The number of ether oxygens (including phenoxy) is 1. The number of benzene rings is 1. The molecule has 1 saturated heterocycles. The van der Waals surface area contributed by atoms with Gasteiger partial charge in [-0.1, -0.05) is 18.2 Å². The van der Waals surface area contributed by atoms with Crippen LogP contribution < -0.4 is 9.47 Å². The van der Waals surface area contributed by atoms with Gasteiger partial charge in [0.2, 0.25) is 11.8 Å². The van der Waals surface area contributed by atoms with Crippen LogP contribution in [0.3, 0.4) is 0 Å². The molecule has 0 saturated carbocycles. The number of hydrogen-bond acceptors (Lipinski definition) is 4. The predicted molar refractivity (Wildman–Crippen MR) is 117 cm³/mol. The third-order valence-corrected chi connectivity index (χ3v) is 5.82. The Bertz CT molecular complexity index is 848. The Morgan fingerprint density at radius 1 is 1.17 bits per heavy atom. The zero-order chi connectivity index (χ0) is 20.6. The molecule has 6 heteroatoms. The molecule has 2 aromatic rings. The standard InChI is InChI=1S/C23H29N3O2S/c1-18-7-8-20(17-19(18)2)22(27)21(26-11-4-3-5-12-26)23(29)24-9-6-10-25-13-15-28-16-14-25/h3-5,7-8,11-12,17,21H,6,9-10,13-16H2,1-2H3/p+1/t21-/m0/s1. The fraction of sp³-hybridized carbons (Fsp3) is 0.435. The van der Waals surface area contributed by atoms with Gasteiger partial charge >= 0.3 is 0 Å². The van der Waals surface area contributed by atoms with Crippen molar-refractivity contribution >= 4 is 23.5 Å². The molecule has 1 fully saturated rings. The Labute approximate surface area is 178 Å². The van der Waals surface area contributed by atoms with Crippen LogP contribution in [0.25, 0.3) is 0 Å². The molecule has 3 rings (SSSR count). The van der Waals surface area contributed by atoms with Crippen LogP contribution in [0.1, 0.15) is 33.9 Å². The summed E-state index contributed by atoms with van der Waals surface area (Å²) in [4.78, 5) is 19.5. The molecular weight excluding hydrogens is 382 g/mol. The van der Waals surface area contributed by atoms with Crippen molar-refractivity contribution in [2.75, 3.05) is 39.4 Å². The summed E-state index contributed by atoms with van der Waals surface area (Å²) in [5.74, 6) is -0.0168. The number of aromatic nitrogens is 1. The van der Waals surface area contributed by atoms with Crippen LogP contribution in [-0.2, 0) is 17.4 Å². The first-order valence-corrected chi connectivity index (χ1v) is 10.7. The number of quaternary nitrogens is 1. The van der Waals surface area contributed by atoms with Crippen LogP contribution in [0.4, 0.5) is 0 Å². The molecule has 2 heterocycles. The number of nitrogens with one attached hydrogen (secondary N) is 1. The Morgan fingerprint density at radius 2 is 1.90 bits per heavy atom. The van der Waals surface area contributed by atoms with Gasteiger partial charge in [0, 0.05) is 30.7 Å². The molecule has 1 atom stereocenters. The van der Waals surface area contributed by atoms with Gasteiger partial charge in [-0.15, -0.1) is 0 Å². The van der Waals surface area contributed by atoms with Crippen molar-refractivity contribution in [3.63, 3.8) is 0 Å². The molecule has 0 radical (unpaired) electrons. The topological polar surface area (TPSA) is 47.0 Å². The number of pyridine rings is 1. The molecule has 1 N–H and O–H groups in total. The summed E-state index contributed by atoms with van der Waals surface area (Å²) in [6.45, 7) is 9.55. The van der Waals surface area contributed by atoms with Crippen LogP contribution in [0.5, 0.6) is 0 Å². The Kier molecular flexibility index (Phi) is 7.86. The molecule has 29 heavy (non-hydrogen) atoms. The molecule has 1 aliphatic heterocycles. The summed E-state index contributed by atoms with van der Waals surface area (Å²) in [5, 5.41) is 0.446. The molecule has 0 aliphatic carbocycles. The van der Waals surface area contributed by atoms with E-state index in [0.29, 0.717) is 17.2 Å². The minimum Gasteiger partial charge on any atom is -0.758 e. The van der Waals surface area contributed by atoms with Crippen molar-refractivity contribution in [1.29, 1.82) is 0 Å². The maximum Gasteiger partial charge on any atom is 0.237 e. The molecule has 0 spiro atoms. The lowest BCUT2D eigenvalue weighted by atomic mass is 9.99. The van der Waals surface area contributed by atoms with Crippen LogP contribution in [0, 0.1) is 13.8 Å². The van der Waals surface area contributed by atoms with E-state index in [1.54, 1.807) is 4.90 Å². The van der Waals surface area contributed by atoms with E-state index in [1.165, 1.54) is 5.56 Å². The number of Topliss-reactive ketones (excluding diaryl/α,β-unsaturated/α-hetero) is 1. The summed E-state index contributed by atoms with van der Waals surface area (Å²) in [6, 6.07) is 11.0. The maximum atomic E-state index is 13.3. The summed E-state index contributed by atoms with van der Waals surface area (Å²) >= 11 is 5.63. The molecule has 0 bridgehead atoms. The van der Waals surface area contributed by atoms with Crippen molar-refractivity contribution in [3.05, 3.63) is 65.5 Å². The van der Waals surface area contributed by atoms with Gasteiger partial charge in [-0.3, -0.25) is 4.79 Å². The first-order chi connectivity index (χ1) is 14.1. The van der Waals surface area contributed by atoms with Crippen LogP contribution >= 0.6 is 0 Å². The second-order valence-electron chi connectivity index (χ2n) is 7.57. The van der Waals surface area contributed by atoms with Crippen LogP contribution in [0.15, 0.2) is 53.8 Å². The third kappa shape index (κ3) is 5.92. The molecule has 154 valence electrons. The van der Waals surface area contributed by atoms with Crippen molar-refractivity contribution in [2.45, 2.75) is 26.3 Å². The van der Waals surface area contributed by atoms with E-state index in [1.807, 2.05) is 67.2 Å². The average molecular weight is 413 g/mol. The normalized spacial score (nSPS) is 16.6. The van der Waals surface area contributed by atoms with Crippen LogP contribution in [0.2, 0.25) is 0 Å². The van der Waals surface area contributed by atoms with Crippen molar-refractivity contribution in [3.8, 4) is 0 Å². The highest BCUT2D eigenvalue weighted by Crippen LogP contribution is 2.15. The highest BCUT2D eigenvalue weighted by Gasteiger charge is 2.28. The van der Waals surface area contributed by atoms with Gasteiger partial charge in [-0.05, 0) is 36.1 Å². The zero-order valence-electron chi connectivity index (χ0n) is 17.3. The number of hydrogen-bond donors (Lipinski definition) is 1. The van der Waals surface area contributed by atoms with Crippen molar-refractivity contribution < 1.29 is 19.0 Å². The fourth-order valence-corrected chi connectivity index (χ4v) is 3.85. The van der Waals surface area contributed by atoms with Gasteiger partial charge in [0.25, 0.3) is 0 Å². The van der Waals surface area contributed by atoms with E-state index in [9.17, 15) is 4.79 Å². The summed E-state index contributed by atoms with van der Waals surface area (Å²) < 4.78 is 7.26. The molecule has 0 amide bonds. The van der Waals surface area contributed by atoms with E-state index in [0.717, 1.165) is 44.8 Å². The summed E-state index contributed by atoms with van der Waals surface area (Å²) in [7, 11) is 0. The quantitative estimate of drug-likeness (QED) is 0.177. The van der Waals surface area contributed by atoms with Gasteiger partial charge in [-0.2, -0.15) is 4.57 Å². The van der Waals surface area contributed by atoms with Crippen LogP contribution in [-0.4, -0.2) is 50.2 Å². The SMILES string of the molecule is Cc1ccc(C(=O)[C@@H](C([S-])=NCCC[NH+]2CCOCC2)[n+]2ccccc2)cc1C. The highest BCUT2D eigenvalue weighted by molar-refractivity contribution is 7.77. The second kappa shape index (κ2) is 10.6. The van der Waals surface area contributed by atoms with E-state index < -0.39 is 6.04 Å². The number of rotatable bonds is 8. The Morgan fingerprint density at radius 3 is 2.59 bits per heavy atom. The number of carbonyl (C=O) groups excluding carboxylic acids is 1. The largest absolute Gasteiger partial charge is 0.758 e. The smallest absolute Gasteiger partial charge is 0.237 e. The van der Waals surface area contributed by atoms with Gasteiger partial charge < -0.3 is 27.3 Å². The molecule has 1 aromatic carbocycles. The van der Waals surface area contributed by atoms with Gasteiger partial charge in [0.15, 0.2) is 12.4 Å². The lowest BCUT2D eigenvalue weighted by Crippen LogP contribution is -3.14. The molecule has 1 aromatic heterocycles. The Hall–Kier alpha value is -2.15. The molecule has 1 aliphatic rings. The second-order valence-corrected chi connectivity index (χ2v) is 7.99. The number of ketones is 1. The predicted octanol–water partition coefficient (Wildman–Crippen LogP) is 1.27. The van der Waals surface area contributed by atoms with Gasteiger partial charge in [-0.25, -0.2) is 0 Å². The summed E-state index contributed by atoms with van der Waals surface area (Å²) in [5.41, 5.74) is 2.94.